The minimum absolute atomic E-state index is 0.0995. The summed E-state index contributed by atoms with van der Waals surface area (Å²) in [7, 11) is 0. The van der Waals surface area contributed by atoms with Crippen LogP contribution in [0.15, 0.2) is 24.3 Å². The van der Waals surface area contributed by atoms with Crippen LogP contribution in [0.2, 0.25) is 0 Å². The van der Waals surface area contributed by atoms with Gasteiger partial charge in [-0.2, -0.15) is 0 Å². The standard InChI is InChI=1S/C18H26N2O/c1-17(2)13-8-9-18(17,3)15(11-13)20-16(21)10-12-6-4-5-7-14(12)19/h4-7,13,15H,8-11,19H2,1-3H3,(H,20,21). The molecule has 2 saturated carbocycles. The quantitative estimate of drug-likeness (QED) is 0.839. The van der Waals surface area contributed by atoms with Crippen molar-refractivity contribution in [1.29, 1.82) is 0 Å². The van der Waals surface area contributed by atoms with Crippen molar-refractivity contribution in [2.75, 3.05) is 5.73 Å². The van der Waals surface area contributed by atoms with Gasteiger partial charge in [-0.25, -0.2) is 0 Å². The van der Waals surface area contributed by atoms with Gasteiger partial charge >= 0.3 is 0 Å². The van der Waals surface area contributed by atoms with Crippen LogP contribution in [0.25, 0.3) is 0 Å². The van der Waals surface area contributed by atoms with E-state index >= 15 is 0 Å². The average Bonchev–Trinajstić information content (AvgIpc) is 2.74. The van der Waals surface area contributed by atoms with Crippen LogP contribution in [-0.4, -0.2) is 11.9 Å². The molecule has 2 aliphatic rings. The first-order chi connectivity index (χ1) is 9.84. The van der Waals surface area contributed by atoms with Crippen LogP contribution in [-0.2, 0) is 11.2 Å². The van der Waals surface area contributed by atoms with Gasteiger partial charge in [0.2, 0.25) is 5.91 Å². The zero-order valence-electron chi connectivity index (χ0n) is 13.3. The predicted octanol–water partition coefficient (Wildman–Crippen LogP) is 3.14. The Morgan fingerprint density at radius 1 is 1.33 bits per heavy atom. The molecule has 2 bridgehead atoms. The molecule has 2 fully saturated rings. The number of benzene rings is 1. The highest BCUT2D eigenvalue weighted by atomic mass is 16.1. The van der Waals surface area contributed by atoms with Gasteiger partial charge < -0.3 is 11.1 Å². The predicted molar refractivity (Wildman–Crippen MR) is 85.7 cm³/mol. The highest BCUT2D eigenvalue weighted by Crippen LogP contribution is 2.65. The van der Waals surface area contributed by atoms with Crippen LogP contribution in [0.5, 0.6) is 0 Å². The monoisotopic (exact) mass is 286 g/mol. The Bertz CT molecular complexity index is 566. The molecular weight excluding hydrogens is 260 g/mol. The lowest BCUT2D eigenvalue weighted by molar-refractivity contribution is -0.122. The lowest BCUT2D eigenvalue weighted by Gasteiger charge is -2.39. The number of amides is 1. The van der Waals surface area contributed by atoms with Crippen LogP contribution in [0.1, 0.15) is 45.6 Å². The van der Waals surface area contributed by atoms with E-state index in [4.69, 9.17) is 5.73 Å². The lowest BCUT2D eigenvalue weighted by atomic mass is 9.69. The number of rotatable bonds is 3. The maximum absolute atomic E-state index is 12.4. The summed E-state index contributed by atoms with van der Waals surface area (Å²) >= 11 is 0. The molecule has 0 aromatic heterocycles. The second-order valence-electron chi connectivity index (χ2n) is 7.61. The summed E-state index contributed by atoms with van der Waals surface area (Å²) < 4.78 is 0. The SMILES string of the molecule is CC1(C)C2CCC1(C)C(NC(=O)Cc1ccccc1N)C2. The second-order valence-corrected chi connectivity index (χ2v) is 7.61. The number of hydrogen-bond acceptors (Lipinski definition) is 2. The molecule has 1 aromatic carbocycles. The molecule has 3 rings (SSSR count). The maximum atomic E-state index is 12.4. The van der Waals surface area contributed by atoms with Crippen molar-refractivity contribution in [2.24, 2.45) is 16.7 Å². The fraction of sp³-hybridized carbons (Fsp3) is 0.611. The molecule has 0 heterocycles. The maximum Gasteiger partial charge on any atom is 0.224 e. The van der Waals surface area contributed by atoms with E-state index in [0.717, 1.165) is 17.9 Å². The summed E-state index contributed by atoms with van der Waals surface area (Å²) in [5.74, 6) is 0.845. The van der Waals surface area contributed by atoms with Gasteiger partial charge in [0.1, 0.15) is 0 Å². The number of anilines is 1. The number of carbonyl (C=O) groups excluding carboxylic acids is 1. The topological polar surface area (TPSA) is 55.1 Å². The Kier molecular flexibility index (Phi) is 3.27. The molecule has 0 aliphatic heterocycles. The molecule has 114 valence electrons. The van der Waals surface area contributed by atoms with Crippen LogP contribution < -0.4 is 11.1 Å². The molecule has 0 saturated heterocycles. The lowest BCUT2D eigenvalue weighted by Crippen LogP contribution is -2.47. The van der Waals surface area contributed by atoms with Gasteiger partial charge in [0.15, 0.2) is 0 Å². The van der Waals surface area contributed by atoms with E-state index in [2.05, 4.69) is 26.1 Å². The molecule has 0 spiro atoms. The fourth-order valence-electron chi connectivity index (χ4n) is 4.54. The van der Waals surface area contributed by atoms with Crippen molar-refractivity contribution < 1.29 is 4.79 Å². The van der Waals surface area contributed by atoms with Crippen LogP contribution in [0, 0.1) is 16.7 Å². The number of nitrogen functional groups attached to an aromatic ring is 1. The molecule has 2 aliphatic carbocycles. The van der Waals surface area contributed by atoms with E-state index in [1.165, 1.54) is 12.8 Å². The van der Waals surface area contributed by atoms with Gasteiger partial charge in [-0.1, -0.05) is 39.0 Å². The first kappa shape index (κ1) is 14.4. The summed E-state index contributed by atoms with van der Waals surface area (Å²) in [5, 5.41) is 3.29. The zero-order chi connectivity index (χ0) is 15.3. The van der Waals surface area contributed by atoms with Gasteiger partial charge in [0, 0.05) is 11.7 Å². The van der Waals surface area contributed by atoms with E-state index in [1.54, 1.807) is 0 Å². The Balaban J connectivity index is 1.68. The third-order valence-electron chi connectivity index (χ3n) is 6.54. The van der Waals surface area contributed by atoms with Gasteiger partial charge in [-0.05, 0) is 47.6 Å². The number of carbonyl (C=O) groups is 1. The van der Waals surface area contributed by atoms with Crippen molar-refractivity contribution in [2.45, 2.75) is 52.5 Å². The molecule has 1 amide bonds. The van der Waals surface area contributed by atoms with Gasteiger partial charge in [0.05, 0.1) is 6.42 Å². The van der Waals surface area contributed by atoms with Crippen molar-refractivity contribution in [3.05, 3.63) is 29.8 Å². The van der Waals surface area contributed by atoms with E-state index in [9.17, 15) is 4.79 Å². The molecule has 0 radical (unpaired) electrons. The molecule has 3 unspecified atom stereocenters. The number of hydrogen-bond donors (Lipinski definition) is 2. The second kappa shape index (κ2) is 4.75. The average molecular weight is 286 g/mol. The van der Waals surface area contributed by atoms with Crippen LogP contribution in [0.4, 0.5) is 5.69 Å². The van der Waals surface area contributed by atoms with E-state index in [1.807, 2.05) is 24.3 Å². The zero-order valence-corrected chi connectivity index (χ0v) is 13.3. The summed E-state index contributed by atoms with van der Waals surface area (Å²) in [5.41, 5.74) is 8.11. The molecule has 3 nitrogen and oxygen atoms in total. The van der Waals surface area contributed by atoms with Crippen molar-refractivity contribution in [3.8, 4) is 0 Å². The van der Waals surface area contributed by atoms with Gasteiger partial charge in [-0.15, -0.1) is 0 Å². The summed E-state index contributed by atoms with van der Waals surface area (Å²) in [4.78, 5) is 12.4. The normalized spacial score (nSPS) is 33.1. The minimum atomic E-state index is 0.0995. The van der Waals surface area contributed by atoms with E-state index in [0.29, 0.717) is 23.6 Å². The number of nitrogens with two attached hydrogens (primary N) is 1. The number of nitrogens with one attached hydrogen (secondary N) is 1. The highest BCUT2D eigenvalue weighted by molar-refractivity contribution is 5.80. The van der Waals surface area contributed by atoms with Crippen molar-refractivity contribution in [1.82, 2.24) is 5.32 Å². The molecule has 3 N–H and O–H groups in total. The summed E-state index contributed by atoms with van der Waals surface area (Å²) in [6.45, 7) is 7.08. The van der Waals surface area contributed by atoms with Gasteiger partial charge in [-0.3, -0.25) is 4.79 Å². The van der Waals surface area contributed by atoms with E-state index in [-0.39, 0.29) is 11.3 Å². The van der Waals surface area contributed by atoms with E-state index < -0.39 is 0 Å². The first-order valence-electron chi connectivity index (χ1n) is 7.97. The third-order valence-corrected chi connectivity index (χ3v) is 6.54. The van der Waals surface area contributed by atoms with Crippen LogP contribution >= 0.6 is 0 Å². The molecular formula is C18H26N2O. The largest absolute Gasteiger partial charge is 0.398 e. The third kappa shape index (κ3) is 2.14. The van der Waals surface area contributed by atoms with Gasteiger partial charge in [0.25, 0.3) is 0 Å². The number of fused-ring (bicyclic) bond motifs is 2. The Morgan fingerprint density at radius 2 is 2.05 bits per heavy atom. The summed E-state index contributed by atoms with van der Waals surface area (Å²) in [6.07, 6.45) is 4.04. The number of para-hydroxylation sites is 1. The molecule has 3 heteroatoms. The van der Waals surface area contributed by atoms with Crippen molar-refractivity contribution in [3.63, 3.8) is 0 Å². The smallest absolute Gasteiger partial charge is 0.224 e. The molecule has 1 aromatic rings. The molecule has 21 heavy (non-hydrogen) atoms. The Morgan fingerprint density at radius 3 is 2.62 bits per heavy atom. The minimum Gasteiger partial charge on any atom is -0.398 e. The fourth-order valence-corrected chi connectivity index (χ4v) is 4.54. The Labute approximate surface area is 127 Å². The summed E-state index contributed by atoms with van der Waals surface area (Å²) in [6, 6.07) is 7.92. The van der Waals surface area contributed by atoms with Crippen molar-refractivity contribution >= 4 is 11.6 Å². The highest BCUT2D eigenvalue weighted by Gasteiger charge is 2.61. The Hall–Kier alpha value is -1.51. The van der Waals surface area contributed by atoms with Crippen LogP contribution in [0.3, 0.4) is 0 Å². The molecule has 3 atom stereocenters. The first-order valence-corrected chi connectivity index (χ1v) is 7.97.